The first-order chi connectivity index (χ1) is 10.1. The summed E-state index contributed by atoms with van der Waals surface area (Å²) in [7, 11) is 0. The standard InChI is InChI=1S/C14H9ClFN3OS/c15-13-11(19-7-8-21-14(19)18-13)5-6-12(20)17-10-3-1-9(16)2-4-10/h1-8H,(H,17,20). The van der Waals surface area contributed by atoms with Crippen LogP contribution in [-0.2, 0) is 4.79 Å². The quantitative estimate of drug-likeness (QED) is 0.745. The van der Waals surface area contributed by atoms with Gasteiger partial charge in [0.15, 0.2) is 10.1 Å². The zero-order valence-electron chi connectivity index (χ0n) is 10.6. The van der Waals surface area contributed by atoms with Crippen molar-refractivity contribution in [2.75, 3.05) is 5.32 Å². The maximum atomic E-state index is 12.8. The fourth-order valence-corrected chi connectivity index (χ4v) is 2.80. The first kappa shape index (κ1) is 13.8. The van der Waals surface area contributed by atoms with E-state index in [0.29, 0.717) is 16.5 Å². The number of rotatable bonds is 3. The maximum Gasteiger partial charge on any atom is 0.248 e. The second-order valence-electron chi connectivity index (χ2n) is 4.17. The van der Waals surface area contributed by atoms with E-state index < -0.39 is 0 Å². The lowest BCUT2D eigenvalue weighted by Gasteiger charge is -2.01. The Kier molecular flexibility index (Phi) is 3.72. The smallest absolute Gasteiger partial charge is 0.248 e. The summed E-state index contributed by atoms with van der Waals surface area (Å²) in [5, 5.41) is 4.85. The average Bonchev–Trinajstić information content (AvgIpc) is 3.00. The van der Waals surface area contributed by atoms with Crippen molar-refractivity contribution in [3.05, 3.63) is 58.6 Å². The lowest BCUT2D eigenvalue weighted by atomic mass is 10.3. The van der Waals surface area contributed by atoms with Gasteiger partial charge in [-0.1, -0.05) is 11.6 Å². The highest BCUT2D eigenvalue weighted by Crippen LogP contribution is 2.22. The van der Waals surface area contributed by atoms with Gasteiger partial charge in [-0.3, -0.25) is 9.20 Å². The highest BCUT2D eigenvalue weighted by atomic mass is 35.5. The van der Waals surface area contributed by atoms with E-state index in [4.69, 9.17) is 11.6 Å². The van der Waals surface area contributed by atoms with E-state index in [-0.39, 0.29) is 11.7 Å². The molecule has 106 valence electrons. The monoisotopic (exact) mass is 321 g/mol. The lowest BCUT2D eigenvalue weighted by molar-refractivity contribution is -0.111. The van der Waals surface area contributed by atoms with Crippen LogP contribution in [0.1, 0.15) is 5.69 Å². The van der Waals surface area contributed by atoms with Gasteiger partial charge in [0.1, 0.15) is 5.82 Å². The SMILES string of the molecule is O=C(C=Cc1c(Cl)nc2sccn12)Nc1ccc(F)cc1. The molecule has 0 bridgehead atoms. The highest BCUT2D eigenvalue weighted by molar-refractivity contribution is 7.15. The number of halogens is 2. The minimum atomic E-state index is -0.352. The summed E-state index contributed by atoms with van der Waals surface area (Å²) in [6.45, 7) is 0. The van der Waals surface area contributed by atoms with E-state index in [9.17, 15) is 9.18 Å². The molecule has 2 aromatic heterocycles. The molecule has 1 aromatic carbocycles. The van der Waals surface area contributed by atoms with E-state index >= 15 is 0 Å². The highest BCUT2D eigenvalue weighted by Gasteiger charge is 2.08. The van der Waals surface area contributed by atoms with Gasteiger partial charge >= 0.3 is 0 Å². The van der Waals surface area contributed by atoms with E-state index in [1.807, 2.05) is 11.6 Å². The predicted molar refractivity (Wildman–Crippen MR) is 82.1 cm³/mol. The molecule has 0 atom stereocenters. The molecule has 4 nitrogen and oxygen atoms in total. The van der Waals surface area contributed by atoms with Crippen molar-refractivity contribution in [1.82, 2.24) is 9.38 Å². The number of hydrogen-bond acceptors (Lipinski definition) is 3. The van der Waals surface area contributed by atoms with Crippen molar-refractivity contribution in [2.45, 2.75) is 0 Å². The zero-order chi connectivity index (χ0) is 14.8. The third kappa shape index (κ3) is 2.96. The first-order valence-corrected chi connectivity index (χ1v) is 7.25. The maximum absolute atomic E-state index is 12.8. The average molecular weight is 322 g/mol. The number of thiazole rings is 1. The van der Waals surface area contributed by atoms with Crippen molar-refractivity contribution >= 4 is 45.6 Å². The topological polar surface area (TPSA) is 46.4 Å². The molecule has 0 aliphatic rings. The summed E-state index contributed by atoms with van der Waals surface area (Å²) in [5.41, 5.74) is 1.16. The van der Waals surface area contributed by atoms with Crippen molar-refractivity contribution in [2.24, 2.45) is 0 Å². The van der Waals surface area contributed by atoms with E-state index in [1.165, 1.54) is 41.7 Å². The van der Waals surface area contributed by atoms with Crippen LogP contribution in [0.25, 0.3) is 11.0 Å². The molecule has 0 radical (unpaired) electrons. The Labute approximate surface area is 128 Å². The van der Waals surface area contributed by atoms with Crippen LogP contribution in [-0.4, -0.2) is 15.3 Å². The van der Waals surface area contributed by atoms with Gasteiger partial charge in [-0.25, -0.2) is 9.37 Å². The van der Waals surface area contributed by atoms with Crippen LogP contribution in [0.15, 0.2) is 41.9 Å². The van der Waals surface area contributed by atoms with Crippen molar-refractivity contribution in [3.8, 4) is 0 Å². The molecule has 3 rings (SSSR count). The van der Waals surface area contributed by atoms with E-state index in [0.717, 1.165) is 4.96 Å². The van der Waals surface area contributed by atoms with Crippen LogP contribution in [0.4, 0.5) is 10.1 Å². The van der Waals surface area contributed by atoms with Crippen molar-refractivity contribution < 1.29 is 9.18 Å². The number of carbonyl (C=O) groups excluding carboxylic acids is 1. The number of amides is 1. The number of aromatic nitrogens is 2. The number of hydrogen-bond donors (Lipinski definition) is 1. The Morgan fingerprint density at radius 1 is 1.38 bits per heavy atom. The molecule has 0 spiro atoms. The van der Waals surface area contributed by atoms with Gasteiger partial charge in [0.05, 0.1) is 5.69 Å². The second kappa shape index (κ2) is 5.67. The van der Waals surface area contributed by atoms with Crippen molar-refractivity contribution in [3.63, 3.8) is 0 Å². The predicted octanol–water partition coefficient (Wildman–Crippen LogP) is 3.84. The van der Waals surface area contributed by atoms with Crippen molar-refractivity contribution in [1.29, 1.82) is 0 Å². The molecule has 0 fully saturated rings. The molecule has 0 saturated heterocycles. The fraction of sp³-hybridized carbons (Fsp3) is 0. The van der Waals surface area contributed by atoms with Crippen LogP contribution in [0.3, 0.4) is 0 Å². The fourth-order valence-electron chi connectivity index (χ4n) is 1.80. The number of anilines is 1. The zero-order valence-corrected chi connectivity index (χ0v) is 12.2. The Bertz CT molecular complexity index is 822. The number of carbonyl (C=O) groups is 1. The van der Waals surface area contributed by atoms with Crippen LogP contribution in [0, 0.1) is 5.82 Å². The summed E-state index contributed by atoms with van der Waals surface area (Å²) in [6, 6.07) is 5.54. The Morgan fingerprint density at radius 3 is 2.90 bits per heavy atom. The van der Waals surface area contributed by atoms with Gasteiger partial charge in [-0.15, -0.1) is 11.3 Å². The molecular formula is C14H9ClFN3OS. The van der Waals surface area contributed by atoms with E-state index in [2.05, 4.69) is 10.3 Å². The summed E-state index contributed by atoms with van der Waals surface area (Å²) in [6.07, 6.45) is 4.78. The Balaban J connectivity index is 1.76. The minimum absolute atomic E-state index is 0.331. The molecule has 0 saturated carbocycles. The molecule has 1 N–H and O–H groups in total. The van der Waals surface area contributed by atoms with Crippen LogP contribution in [0.2, 0.25) is 5.15 Å². The normalized spacial score (nSPS) is 11.3. The van der Waals surface area contributed by atoms with Crippen LogP contribution in [0.5, 0.6) is 0 Å². The van der Waals surface area contributed by atoms with Crippen LogP contribution >= 0.6 is 22.9 Å². The van der Waals surface area contributed by atoms with Gasteiger partial charge in [0.25, 0.3) is 0 Å². The largest absolute Gasteiger partial charge is 0.323 e. The number of nitrogens with zero attached hydrogens (tertiary/aromatic N) is 2. The molecule has 0 aliphatic heterocycles. The second-order valence-corrected chi connectivity index (χ2v) is 5.40. The summed E-state index contributed by atoms with van der Waals surface area (Å²) < 4.78 is 14.6. The molecule has 2 heterocycles. The molecule has 1 amide bonds. The lowest BCUT2D eigenvalue weighted by Crippen LogP contribution is -2.07. The van der Waals surface area contributed by atoms with Gasteiger partial charge in [0, 0.05) is 23.3 Å². The third-order valence-electron chi connectivity index (χ3n) is 2.76. The van der Waals surface area contributed by atoms with Gasteiger partial charge < -0.3 is 5.32 Å². The molecule has 3 aromatic rings. The van der Waals surface area contributed by atoms with Crippen LogP contribution < -0.4 is 5.32 Å². The molecule has 21 heavy (non-hydrogen) atoms. The third-order valence-corrected chi connectivity index (χ3v) is 3.79. The minimum Gasteiger partial charge on any atom is -0.323 e. The Hall–Kier alpha value is -2.18. The Morgan fingerprint density at radius 2 is 2.14 bits per heavy atom. The number of benzene rings is 1. The molecule has 0 unspecified atom stereocenters. The summed E-state index contributed by atoms with van der Waals surface area (Å²) in [5.74, 6) is -0.683. The number of fused-ring (bicyclic) bond motifs is 1. The van der Waals surface area contributed by atoms with Gasteiger partial charge in [-0.2, -0.15) is 0 Å². The van der Waals surface area contributed by atoms with E-state index in [1.54, 1.807) is 10.5 Å². The van der Waals surface area contributed by atoms with Gasteiger partial charge in [0.2, 0.25) is 5.91 Å². The summed E-state index contributed by atoms with van der Waals surface area (Å²) >= 11 is 7.48. The molecule has 0 aliphatic carbocycles. The molecule has 7 heteroatoms. The van der Waals surface area contributed by atoms with Gasteiger partial charge in [-0.05, 0) is 30.3 Å². The molecular weight excluding hydrogens is 313 g/mol. The number of imidazole rings is 1. The number of nitrogens with one attached hydrogen (secondary N) is 1. The first-order valence-electron chi connectivity index (χ1n) is 5.99. The summed E-state index contributed by atoms with van der Waals surface area (Å²) in [4.78, 5) is 16.7.